The summed E-state index contributed by atoms with van der Waals surface area (Å²) in [5.74, 6) is 0.0190. The van der Waals surface area contributed by atoms with E-state index in [1.807, 2.05) is 56.8 Å². The number of aromatic nitrogens is 4. The molecule has 0 aliphatic carbocycles. The lowest BCUT2D eigenvalue weighted by Gasteiger charge is -2.35. The van der Waals surface area contributed by atoms with Crippen molar-refractivity contribution >= 4 is 11.6 Å². The molecule has 1 amide bonds. The molecule has 3 aromatic heterocycles. The number of piperidine rings is 1. The van der Waals surface area contributed by atoms with E-state index < -0.39 is 0 Å². The van der Waals surface area contributed by atoms with Crippen LogP contribution >= 0.6 is 0 Å². The fourth-order valence-electron chi connectivity index (χ4n) is 3.27. The predicted molar refractivity (Wildman–Crippen MR) is 86.1 cm³/mol. The Morgan fingerprint density at radius 3 is 3.00 bits per heavy atom. The van der Waals surface area contributed by atoms with Gasteiger partial charge in [-0.25, -0.2) is 4.98 Å². The number of carbonyl (C=O) groups is 1. The van der Waals surface area contributed by atoms with Gasteiger partial charge in [0.05, 0.1) is 12.6 Å². The first-order valence-electron chi connectivity index (χ1n) is 8.03. The summed E-state index contributed by atoms with van der Waals surface area (Å²) in [6, 6.07) is 7.87. The van der Waals surface area contributed by atoms with Gasteiger partial charge in [-0.2, -0.15) is 5.10 Å². The van der Waals surface area contributed by atoms with Gasteiger partial charge in [0.1, 0.15) is 11.3 Å². The van der Waals surface area contributed by atoms with Crippen molar-refractivity contribution in [3.05, 3.63) is 54.7 Å². The topological polar surface area (TPSA) is 55.4 Å². The van der Waals surface area contributed by atoms with Crippen molar-refractivity contribution in [1.82, 2.24) is 24.1 Å². The van der Waals surface area contributed by atoms with E-state index in [4.69, 9.17) is 0 Å². The lowest BCUT2D eigenvalue weighted by molar-refractivity contribution is 0.0578. The van der Waals surface area contributed by atoms with Crippen molar-refractivity contribution in [2.75, 3.05) is 6.54 Å². The quantitative estimate of drug-likeness (QED) is 0.745. The first kappa shape index (κ1) is 14.0. The van der Waals surface area contributed by atoms with E-state index >= 15 is 0 Å². The molecule has 1 aliphatic rings. The molecule has 0 saturated carbocycles. The van der Waals surface area contributed by atoms with E-state index in [0.29, 0.717) is 5.69 Å². The van der Waals surface area contributed by atoms with Crippen molar-refractivity contribution in [2.45, 2.75) is 31.8 Å². The maximum atomic E-state index is 12.9. The van der Waals surface area contributed by atoms with Gasteiger partial charge < -0.3 is 9.30 Å². The van der Waals surface area contributed by atoms with Crippen LogP contribution in [-0.4, -0.2) is 42.6 Å². The molecule has 4 heterocycles. The van der Waals surface area contributed by atoms with Gasteiger partial charge in [0.25, 0.3) is 5.91 Å². The van der Waals surface area contributed by atoms with Crippen LogP contribution in [-0.2, 0) is 6.54 Å². The standard InChI is InChI=1S/C17H19N5O/c23-17(15-13-20-9-3-2-7-16(20)19-15)22-11-4-1-6-14(22)12-21-10-5-8-18-21/h2-3,5,7-10,13-14H,1,4,6,11-12H2. The first-order valence-corrected chi connectivity index (χ1v) is 8.03. The molecule has 0 bridgehead atoms. The maximum absolute atomic E-state index is 12.9. The number of imidazole rings is 1. The smallest absolute Gasteiger partial charge is 0.274 e. The van der Waals surface area contributed by atoms with Gasteiger partial charge in [-0.3, -0.25) is 9.48 Å². The lowest BCUT2D eigenvalue weighted by Crippen LogP contribution is -2.46. The molecular formula is C17H19N5O. The van der Waals surface area contributed by atoms with Crippen LogP contribution in [0.1, 0.15) is 29.8 Å². The van der Waals surface area contributed by atoms with Crippen molar-refractivity contribution in [3.8, 4) is 0 Å². The van der Waals surface area contributed by atoms with Gasteiger partial charge >= 0.3 is 0 Å². The molecule has 6 nitrogen and oxygen atoms in total. The maximum Gasteiger partial charge on any atom is 0.274 e. The SMILES string of the molecule is O=C(c1cn2ccccc2n1)N1CCCCC1Cn1cccn1. The minimum Gasteiger partial charge on any atom is -0.332 e. The highest BCUT2D eigenvalue weighted by Crippen LogP contribution is 2.21. The van der Waals surface area contributed by atoms with Crippen LogP contribution in [0.15, 0.2) is 49.1 Å². The molecule has 0 N–H and O–H groups in total. The zero-order valence-electron chi connectivity index (χ0n) is 12.9. The molecular weight excluding hydrogens is 290 g/mol. The Bertz CT molecular complexity index is 774. The van der Waals surface area contributed by atoms with Crippen LogP contribution in [0, 0.1) is 0 Å². The largest absolute Gasteiger partial charge is 0.332 e. The van der Waals surface area contributed by atoms with Crippen LogP contribution in [0.25, 0.3) is 5.65 Å². The minimum absolute atomic E-state index is 0.0190. The van der Waals surface area contributed by atoms with Gasteiger partial charge in [0.2, 0.25) is 0 Å². The summed E-state index contributed by atoms with van der Waals surface area (Å²) in [6.07, 6.45) is 10.7. The Morgan fingerprint density at radius 2 is 2.17 bits per heavy atom. The minimum atomic E-state index is 0.0190. The summed E-state index contributed by atoms with van der Waals surface area (Å²) in [7, 11) is 0. The fraction of sp³-hybridized carbons (Fsp3) is 0.353. The fourth-order valence-corrected chi connectivity index (χ4v) is 3.27. The summed E-state index contributed by atoms with van der Waals surface area (Å²) in [6.45, 7) is 1.53. The Labute approximate surface area is 134 Å². The van der Waals surface area contributed by atoms with Gasteiger partial charge in [-0.15, -0.1) is 0 Å². The van der Waals surface area contributed by atoms with Crippen LogP contribution in [0.2, 0.25) is 0 Å². The number of hydrogen-bond donors (Lipinski definition) is 0. The molecule has 3 aromatic rings. The summed E-state index contributed by atoms with van der Waals surface area (Å²) >= 11 is 0. The highest BCUT2D eigenvalue weighted by atomic mass is 16.2. The molecule has 1 aliphatic heterocycles. The molecule has 118 valence electrons. The number of pyridine rings is 1. The molecule has 6 heteroatoms. The zero-order chi connectivity index (χ0) is 15.6. The first-order chi connectivity index (χ1) is 11.3. The molecule has 1 fully saturated rings. The monoisotopic (exact) mass is 309 g/mol. The molecule has 4 rings (SSSR count). The highest BCUT2D eigenvalue weighted by molar-refractivity contribution is 5.93. The average molecular weight is 309 g/mol. The van der Waals surface area contributed by atoms with Crippen LogP contribution in [0.4, 0.5) is 0 Å². The van der Waals surface area contributed by atoms with Gasteiger partial charge in [0, 0.05) is 31.3 Å². The van der Waals surface area contributed by atoms with E-state index in [9.17, 15) is 4.79 Å². The molecule has 1 saturated heterocycles. The van der Waals surface area contributed by atoms with E-state index in [1.54, 1.807) is 6.20 Å². The lowest BCUT2D eigenvalue weighted by atomic mass is 10.0. The number of amides is 1. The van der Waals surface area contributed by atoms with Gasteiger partial charge in [-0.1, -0.05) is 6.07 Å². The van der Waals surface area contributed by atoms with E-state index in [2.05, 4.69) is 10.1 Å². The van der Waals surface area contributed by atoms with Crippen molar-refractivity contribution in [2.24, 2.45) is 0 Å². The molecule has 0 aromatic carbocycles. The molecule has 0 radical (unpaired) electrons. The summed E-state index contributed by atoms with van der Waals surface area (Å²) in [5.41, 5.74) is 1.32. The third-order valence-corrected chi connectivity index (χ3v) is 4.43. The summed E-state index contributed by atoms with van der Waals surface area (Å²) < 4.78 is 3.79. The number of nitrogens with zero attached hydrogens (tertiary/aromatic N) is 5. The predicted octanol–water partition coefficient (Wildman–Crippen LogP) is 2.23. The normalized spacial score (nSPS) is 18.4. The Kier molecular flexibility index (Phi) is 3.57. The third-order valence-electron chi connectivity index (χ3n) is 4.43. The number of hydrogen-bond acceptors (Lipinski definition) is 3. The van der Waals surface area contributed by atoms with Crippen molar-refractivity contribution in [3.63, 3.8) is 0 Å². The highest BCUT2D eigenvalue weighted by Gasteiger charge is 2.29. The molecule has 1 atom stereocenters. The van der Waals surface area contributed by atoms with Crippen LogP contribution in [0.3, 0.4) is 0 Å². The summed E-state index contributed by atoms with van der Waals surface area (Å²) in [5, 5.41) is 4.27. The van der Waals surface area contributed by atoms with Crippen LogP contribution in [0.5, 0.6) is 0 Å². The second-order valence-electron chi connectivity index (χ2n) is 5.97. The third kappa shape index (κ3) is 2.72. The average Bonchev–Trinajstić information content (AvgIpc) is 3.23. The van der Waals surface area contributed by atoms with E-state index in [1.165, 1.54) is 0 Å². The second kappa shape index (κ2) is 5.87. The molecule has 0 spiro atoms. The Morgan fingerprint density at radius 1 is 1.22 bits per heavy atom. The number of fused-ring (bicyclic) bond motifs is 1. The van der Waals surface area contributed by atoms with Gasteiger partial charge in [-0.05, 0) is 37.5 Å². The van der Waals surface area contributed by atoms with Crippen molar-refractivity contribution in [1.29, 1.82) is 0 Å². The second-order valence-corrected chi connectivity index (χ2v) is 5.97. The Balaban J connectivity index is 1.59. The number of rotatable bonds is 3. The number of likely N-dealkylation sites (tertiary alicyclic amines) is 1. The zero-order valence-corrected chi connectivity index (χ0v) is 12.9. The summed E-state index contributed by atoms with van der Waals surface area (Å²) in [4.78, 5) is 19.4. The van der Waals surface area contributed by atoms with E-state index in [-0.39, 0.29) is 11.9 Å². The van der Waals surface area contributed by atoms with E-state index in [0.717, 1.165) is 38.0 Å². The molecule has 1 unspecified atom stereocenters. The van der Waals surface area contributed by atoms with Crippen molar-refractivity contribution < 1.29 is 4.79 Å². The Hall–Kier alpha value is -2.63. The van der Waals surface area contributed by atoms with Gasteiger partial charge in [0.15, 0.2) is 0 Å². The van der Waals surface area contributed by atoms with Crippen LogP contribution < -0.4 is 0 Å². The number of carbonyl (C=O) groups excluding carboxylic acids is 1. The molecule has 23 heavy (non-hydrogen) atoms.